The Morgan fingerprint density at radius 1 is 1.07 bits per heavy atom. The molecular weight excluding hydrogens is 485 g/mol. The molecule has 0 aliphatic heterocycles. The normalized spacial score (nSPS) is 12.4. The van der Waals surface area contributed by atoms with Gasteiger partial charge >= 0.3 is 12.1 Å². The summed E-state index contributed by atoms with van der Waals surface area (Å²) < 4.78 is 8.21. The molecule has 0 fully saturated rings. The molecule has 6 nitrogen and oxygen atoms in total. The van der Waals surface area contributed by atoms with Gasteiger partial charge in [-0.25, -0.2) is 9.59 Å². The Morgan fingerprint density at radius 2 is 1.70 bits per heavy atom. The van der Waals surface area contributed by atoms with Crippen molar-refractivity contribution in [1.29, 1.82) is 0 Å². The number of nitrogens with two attached hydrogens (primary N) is 1. The Hall–Kier alpha value is -0.340. The van der Waals surface area contributed by atoms with Crippen LogP contribution < -0.4 is 15.8 Å². The van der Waals surface area contributed by atoms with E-state index in [0.29, 0.717) is 19.4 Å². The maximum atomic E-state index is 12.5. The molecule has 0 spiro atoms. The fourth-order valence-corrected chi connectivity index (χ4v) is 2.57. The summed E-state index contributed by atoms with van der Waals surface area (Å²) in [5.41, 5.74) is 5.45. The van der Waals surface area contributed by atoms with Crippen LogP contribution in [0.3, 0.4) is 0 Å². The number of amides is 1. The summed E-state index contributed by atoms with van der Waals surface area (Å²) in [7, 11) is 0. The van der Waals surface area contributed by atoms with E-state index in [4.69, 9.17) is 84.8 Å². The first-order valence-corrected chi connectivity index (χ1v) is 9.86. The summed E-state index contributed by atoms with van der Waals surface area (Å²) >= 11 is 34.3. The lowest BCUT2D eigenvalue weighted by molar-refractivity contribution is -0.136. The highest BCUT2D eigenvalue weighted by molar-refractivity contribution is 6.67. The molecule has 1 aromatic carbocycles. The van der Waals surface area contributed by atoms with Crippen molar-refractivity contribution in [3.05, 3.63) is 27.2 Å². The van der Waals surface area contributed by atoms with E-state index in [9.17, 15) is 9.59 Å². The molecule has 0 aliphatic carbocycles. The maximum Gasteiger partial charge on any atom is 0.407 e. The molecule has 0 radical (unpaired) electrons. The van der Waals surface area contributed by atoms with Crippen molar-refractivity contribution in [2.45, 2.75) is 29.1 Å². The average molecular weight is 501 g/mol. The first-order valence-electron chi connectivity index (χ1n) is 7.60. The van der Waals surface area contributed by atoms with E-state index in [0.717, 1.165) is 0 Å². The fourth-order valence-electron chi connectivity index (χ4n) is 1.84. The second-order valence-electron chi connectivity index (χ2n) is 5.29. The van der Waals surface area contributed by atoms with E-state index in [1.165, 1.54) is 12.1 Å². The summed E-state index contributed by atoms with van der Waals surface area (Å²) in [5.74, 6) is -0.783. The van der Waals surface area contributed by atoms with Crippen LogP contribution in [0.5, 0.6) is 5.75 Å². The van der Waals surface area contributed by atoms with Crippen molar-refractivity contribution in [3.8, 4) is 5.75 Å². The van der Waals surface area contributed by atoms with Crippen LogP contribution in [0, 0.1) is 0 Å². The van der Waals surface area contributed by atoms with E-state index in [1.807, 2.05) is 0 Å². The number of alkyl halides is 3. The summed E-state index contributed by atoms with van der Waals surface area (Å²) in [5, 5.41) is 2.79. The zero-order valence-corrected chi connectivity index (χ0v) is 18.3. The number of ether oxygens (including phenoxy) is 2. The number of nitrogens with one attached hydrogen (secondary N) is 1. The topological polar surface area (TPSA) is 90.6 Å². The van der Waals surface area contributed by atoms with Crippen LogP contribution in [0.1, 0.15) is 19.3 Å². The minimum Gasteiger partial charge on any atom is -0.445 e. The van der Waals surface area contributed by atoms with Gasteiger partial charge in [-0.05, 0) is 31.9 Å². The van der Waals surface area contributed by atoms with E-state index in [-0.39, 0.29) is 27.2 Å². The standard InChI is InChI=1S/C15H16Cl6N2O4/c16-8-5-10(18)12(6-9(8)17)27-13(24)11(3-1-2-4-22)23-14(25)26-7-15(19,20)21/h5-6,11H,1-4,7,22H2,(H,23,25)/t11-/m0/s1. The number of carbonyl (C=O) groups excluding carboxylic acids is 2. The first-order chi connectivity index (χ1) is 12.5. The second-order valence-corrected chi connectivity index (χ2v) is 9.03. The Bertz CT molecular complexity index is 668. The fraction of sp³-hybridized carbons (Fsp3) is 0.467. The Morgan fingerprint density at radius 3 is 2.30 bits per heavy atom. The Kier molecular flexibility index (Phi) is 10.6. The molecule has 0 aromatic heterocycles. The smallest absolute Gasteiger partial charge is 0.407 e. The van der Waals surface area contributed by atoms with Gasteiger partial charge < -0.3 is 20.5 Å². The molecule has 3 N–H and O–H groups in total. The molecule has 0 unspecified atom stereocenters. The van der Waals surface area contributed by atoms with Crippen LogP contribution in [0.25, 0.3) is 0 Å². The zero-order chi connectivity index (χ0) is 20.6. The minimum absolute atomic E-state index is 0.00338. The van der Waals surface area contributed by atoms with Gasteiger partial charge in [-0.3, -0.25) is 0 Å². The first kappa shape index (κ1) is 24.7. The van der Waals surface area contributed by atoms with Gasteiger partial charge in [-0.2, -0.15) is 0 Å². The molecule has 0 saturated carbocycles. The molecule has 1 atom stereocenters. The van der Waals surface area contributed by atoms with Gasteiger partial charge in [0.15, 0.2) is 5.75 Å². The SMILES string of the molecule is NCCCC[C@H](NC(=O)OCC(Cl)(Cl)Cl)C(=O)Oc1cc(Cl)c(Cl)cc1Cl. The maximum absolute atomic E-state index is 12.5. The average Bonchev–Trinajstić information content (AvgIpc) is 2.56. The van der Waals surface area contributed by atoms with Crippen LogP contribution in [-0.4, -0.2) is 35.0 Å². The van der Waals surface area contributed by atoms with Crippen LogP contribution in [-0.2, 0) is 9.53 Å². The lowest BCUT2D eigenvalue weighted by Crippen LogP contribution is -2.44. The predicted molar refractivity (Wildman–Crippen MR) is 109 cm³/mol. The van der Waals surface area contributed by atoms with Crippen molar-refractivity contribution >= 4 is 81.7 Å². The number of hydrogen-bond acceptors (Lipinski definition) is 5. The number of hydrogen-bond donors (Lipinski definition) is 2. The lowest BCUT2D eigenvalue weighted by atomic mass is 10.1. The molecule has 152 valence electrons. The van der Waals surface area contributed by atoms with Crippen LogP contribution >= 0.6 is 69.6 Å². The number of carbonyl (C=O) groups is 2. The molecule has 1 amide bonds. The minimum atomic E-state index is -1.78. The van der Waals surface area contributed by atoms with Gasteiger partial charge in [0.2, 0.25) is 3.79 Å². The molecule has 12 heteroatoms. The van der Waals surface area contributed by atoms with Crippen molar-refractivity contribution in [3.63, 3.8) is 0 Å². The van der Waals surface area contributed by atoms with Crippen molar-refractivity contribution < 1.29 is 19.1 Å². The molecule has 0 aliphatic rings. The number of alkyl carbamates (subject to hydrolysis) is 1. The van der Waals surface area contributed by atoms with Crippen molar-refractivity contribution in [2.75, 3.05) is 13.2 Å². The zero-order valence-electron chi connectivity index (χ0n) is 13.7. The number of esters is 1. The van der Waals surface area contributed by atoms with Crippen molar-refractivity contribution in [2.24, 2.45) is 5.73 Å². The summed E-state index contributed by atoms with van der Waals surface area (Å²) in [6, 6.07) is 1.59. The predicted octanol–water partition coefficient (Wildman–Crippen LogP) is 5.15. The Labute approximate surface area is 186 Å². The molecule has 1 rings (SSSR count). The lowest BCUT2D eigenvalue weighted by Gasteiger charge is -2.19. The van der Waals surface area contributed by atoms with Gasteiger partial charge in [0.25, 0.3) is 0 Å². The van der Waals surface area contributed by atoms with E-state index in [2.05, 4.69) is 5.32 Å². The largest absolute Gasteiger partial charge is 0.445 e. The van der Waals surface area contributed by atoms with E-state index in [1.54, 1.807) is 0 Å². The van der Waals surface area contributed by atoms with E-state index < -0.39 is 28.5 Å². The summed E-state index contributed by atoms with van der Waals surface area (Å²) in [6.07, 6.45) is 0.493. The third-order valence-electron chi connectivity index (χ3n) is 3.08. The summed E-state index contributed by atoms with van der Waals surface area (Å²) in [4.78, 5) is 24.3. The van der Waals surface area contributed by atoms with Crippen LogP contribution in [0.2, 0.25) is 15.1 Å². The molecule has 0 saturated heterocycles. The van der Waals surface area contributed by atoms with Crippen LogP contribution in [0.4, 0.5) is 4.79 Å². The summed E-state index contributed by atoms with van der Waals surface area (Å²) in [6.45, 7) is -0.0647. The van der Waals surface area contributed by atoms with E-state index >= 15 is 0 Å². The third-order valence-corrected chi connectivity index (χ3v) is 4.42. The second kappa shape index (κ2) is 11.6. The number of halogens is 6. The number of rotatable bonds is 8. The monoisotopic (exact) mass is 498 g/mol. The van der Waals surface area contributed by atoms with Gasteiger partial charge in [0.1, 0.15) is 12.6 Å². The molecule has 0 bridgehead atoms. The van der Waals surface area contributed by atoms with Gasteiger partial charge in [-0.1, -0.05) is 69.6 Å². The Balaban J connectivity index is 2.81. The molecular formula is C15H16Cl6N2O4. The number of benzene rings is 1. The molecule has 27 heavy (non-hydrogen) atoms. The van der Waals surface area contributed by atoms with Gasteiger partial charge in [0.05, 0.1) is 15.1 Å². The number of unbranched alkanes of at least 4 members (excludes halogenated alkanes) is 1. The molecule has 0 heterocycles. The quantitative estimate of drug-likeness (QED) is 0.169. The van der Waals surface area contributed by atoms with Gasteiger partial charge in [0, 0.05) is 6.07 Å². The third kappa shape index (κ3) is 9.61. The van der Waals surface area contributed by atoms with Crippen LogP contribution in [0.15, 0.2) is 12.1 Å². The van der Waals surface area contributed by atoms with Gasteiger partial charge in [-0.15, -0.1) is 0 Å². The highest BCUT2D eigenvalue weighted by Gasteiger charge is 2.27. The highest BCUT2D eigenvalue weighted by atomic mass is 35.6. The molecule has 1 aromatic rings. The van der Waals surface area contributed by atoms with Crippen molar-refractivity contribution in [1.82, 2.24) is 5.32 Å². The highest BCUT2D eigenvalue weighted by Crippen LogP contribution is 2.34.